The van der Waals surface area contributed by atoms with Crippen LogP contribution in [0.3, 0.4) is 0 Å². The first-order chi connectivity index (χ1) is 11.7. The third-order valence-electron chi connectivity index (χ3n) is 4.57. The van der Waals surface area contributed by atoms with Gasteiger partial charge < -0.3 is 5.73 Å². The molecule has 4 rings (SSSR count). The average Bonchev–Trinajstić information content (AvgIpc) is 2.64. The van der Waals surface area contributed by atoms with Gasteiger partial charge in [0.25, 0.3) is 0 Å². The molecule has 2 N–H and O–H groups in total. The van der Waals surface area contributed by atoms with E-state index >= 15 is 0 Å². The lowest BCUT2D eigenvalue weighted by molar-refractivity contribution is 1.49. The second-order valence-electron chi connectivity index (χ2n) is 5.97. The number of nitrogen functional groups attached to an aromatic ring is 1. The van der Waals surface area contributed by atoms with Crippen LogP contribution in [0.25, 0.3) is 32.7 Å². The molecule has 0 amide bonds. The second-order valence-corrected chi connectivity index (χ2v) is 5.97. The van der Waals surface area contributed by atoms with Gasteiger partial charge >= 0.3 is 0 Å². The summed E-state index contributed by atoms with van der Waals surface area (Å²) in [6, 6.07) is 21.8. The minimum absolute atomic E-state index is 0.412. The third-order valence-corrected chi connectivity index (χ3v) is 4.57. The Morgan fingerprint density at radius 2 is 1.50 bits per heavy atom. The van der Waals surface area contributed by atoms with Gasteiger partial charge in [-0.05, 0) is 46.0 Å². The van der Waals surface area contributed by atoms with Gasteiger partial charge in [0, 0.05) is 22.2 Å². The molecule has 3 nitrogen and oxygen atoms in total. The van der Waals surface area contributed by atoms with Crippen molar-refractivity contribution in [3.05, 3.63) is 77.2 Å². The highest BCUT2D eigenvalue weighted by Crippen LogP contribution is 2.42. The van der Waals surface area contributed by atoms with Gasteiger partial charge in [-0.15, -0.1) is 4.91 Å². The van der Waals surface area contributed by atoms with Crippen molar-refractivity contribution in [1.82, 2.24) is 0 Å². The molecule has 0 saturated heterocycles. The Balaban J connectivity index is 2.17. The molecule has 24 heavy (non-hydrogen) atoms. The Morgan fingerprint density at radius 1 is 0.833 bits per heavy atom. The third kappa shape index (κ3) is 2.06. The van der Waals surface area contributed by atoms with E-state index in [1.807, 2.05) is 54.6 Å². The molecule has 4 aromatic rings. The SMILES string of the molecule is Cc1cc(-c2c(N=O)ccc3ccccc23)c(N)c2ccccc12. The van der Waals surface area contributed by atoms with Crippen molar-refractivity contribution in [1.29, 1.82) is 0 Å². The van der Waals surface area contributed by atoms with Crippen molar-refractivity contribution in [2.45, 2.75) is 6.92 Å². The zero-order valence-electron chi connectivity index (χ0n) is 13.3. The molecule has 0 aliphatic rings. The largest absolute Gasteiger partial charge is 0.398 e. The Hall–Kier alpha value is -3.20. The van der Waals surface area contributed by atoms with Gasteiger partial charge in [0.15, 0.2) is 0 Å². The van der Waals surface area contributed by atoms with Crippen LogP contribution in [0.1, 0.15) is 5.56 Å². The summed E-state index contributed by atoms with van der Waals surface area (Å²) >= 11 is 0. The lowest BCUT2D eigenvalue weighted by atomic mass is 9.91. The molecule has 0 bridgehead atoms. The van der Waals surface area contributed by atoms with Crippen LogP contribution < -0.4 is 5.73 Å². The van der Waals surface area contributed by atoms with Gasteiger partial charge in [0.2, 0.25) is 0 Å². The predicted octanol–water partition coefficient (Wildman–Crippen LogP) is 5.95. The van der Waals surface area contributed by atoms with Gasteiger partial charge in [-0.3, -0.25) is 0 Å². The standard InChI is InChI=1S/C21H16N2O/c1-13-12-18(21(22)17-9-5-4-7-15(13)17)20-16-8-3-2-6-14(16)10-11-19(20)23-24/h2-12H,22H2,1H3. The molecule has 0 spiro atoms. The maximum absolute atomic E-state index is 11.4. The van der Waals surface area contributed by atoms with Crippen molar-refractivity contribution in [3.63, 3.8) is 0 Å². The van der Waals surface area contributed by atoms with Crippen LogP contribution >= 0.6 is 0 Å². The minimum atomic E-state index is 0.412. The summed E-state index contributed by atoms with van der Waals surface area (Å²) in [5, 5.41) is 7.41. The highest BCUT2D eigenvalue weighted by atomic mass is 16.3. The molecule has 0 heterocycles. The topological polar surface area (TPSA) is 55.5 Å². The summed E-state index contributed by atoms with van der Waals surface area (Å²) in [4.78, 5) is 11.4. The first kappa shape index (κ1) is 14.4. The minimum Gasteiger partial charge on any atom is -0.398 e. The molecule has 116 valence electrons. The summed E-state index contributed by atoms with van der Waals surface area (Å²) in [5.74, 6) is 0. The van der Waals surface area contributed by atoms with Gasteiger partial charge in [0.05, 0.1) is 0 Å². The lowest BCUT2D eigenvalue weighted by Crippen LogP contribution is -1.95. The van der Waals surface area contributed by atoms with Crippen LogP contribution in [0.2, 0.25) is 0 Å². The second kappa shape index (κ2) is 5.46. The monoisotopic (exact) mass is 312 g/mol. The molecule has 0 aromatic heterocycles. The Bertz CT molecular complexity index is 1100. The number of nitrogens with two attached hydrogens (primary N) is 1. The van der Waals surface area contributed by atoms with Crippen molar-refractivity contribution in [3.8, 4) is 11.1 Å². The number of hydrogen-bond acceptors (Lipinski definition) is 3. The highest BCUT2D eigenvalue weighted by molar-refractivity contribution is 6.10. The van der Waals surface area contributed by atoms with E-state index in [4.69, 9.17) is 5.73 Å². The summed E-state index contributed by atoms with van der Waals surface area (Å²) in [6.45, 7) is 2.06. The van der Waals surface area contributed by atoms with Crippen molar-refractivity contribution >= 4 is 32.9 Å². The molecule has 0 fully saturated rings. The summed E-state index contributed by atoms with van der Waals surface area (Å²) in [7, 11) is 0. The molecule has 0 aliphatic carbocycles. The molecule has 4 aromatic carbocycles. The van der Waals surface area contributed by atoms with Gasteiger partial charge in [0.1, 0.15) is 5.69 Å². The molecular formula is C21H16N2O. The summed E-state index contributed by atoms with van der Waals surface area (Å²) in [5.41, 5.74) is 10.4. The molecule has 3 heteroatoms. The fourth-order valence-corrected chi connectivity index (χ4v) is 3.40. The Kier molecular flexibility index (Phi) is 3.28. The zero-order valence-corrected chi connectivity index (χ0v) is 13.3. The Morgan fingerprint density at radius 3 is 2.25 bits per heavy atom. The van der Waals surface area contributed by atoms with Crippen LogP contribution in [0.5, 0.6) is 0 Å². The number of benzene rings is 4. The first-order valence-corrected chi connectivity index (χ1v) is 7.84. The van der Waals surface area contributed by atoms with Crippen LogP contribution in [-0.2, 0) is 0 Å². The predicted molar refractivity (Wildman–Crippen MR) is 101 cm³/mol. The summed E-state index contributed by atoms with van der Waals surface area (Å²) in [6.07, 6.45) is 0. The smallest absolute Gasteiger partial charge is 0.116 e. The fourth-order valence-electron chi connectivity index (χ4n) is 3.40. The number of rotatable bonds is 2. The average molecular weight is 312 g/mol. The number of hydrogen-bond donors (Lipinski definition) is 1. The molecule has 0 atom stereocenters. The van der Waals surface area contributed by atoms with E-state index in [0.29, 0.717) is 11.4 Å². The normalized spacial score (nSPS) is 11.0. The maximum Gasteiger partial charge on any atom is 0.116 e. The van der Waals surface area contributed by atoms with Crippen molar-refractivity contribution in [2.75, 3.05) is 5.73 Å². The van der Waals surface area contributed by atoms with Crippen molar-refractivity contribution < 1.29 is 0 Å². The lowest BCUT2D eigenvalue weighted by Gasteiger charge is -2.15. The molecule has 0 radical (unpaired) electrons. The number of nitrogens with zero attached hydrogens (tertiary/aromatic N) is 1. The quantitative estimate of drug-likeness (QED) is 0.367. The fraction of sp³-hybridized carbons (Fsp3) is 0.0476. The number of nitroso groups, excluding NO2 is 1. The number of aryl methyl sites for hydroxylation is 1. The van der Waals surface area contributed by atoms with Crippen molar-refractivity contribution in [2.24, 2.45) is 5.18 Å². The summed E-state index contributed by atoms with van der Waals surface area (Å²) < 4.78 is 0. The van der Waals surface area contributed by atoms with E-state index in [1.54, 1.807) is 6.07 Å². The molecule has 0 saturated carbocycles. The number of anilines is 1. The zero-order chi connectivity index (χ0) is 16.7. The molecular weight excluding hydrogens is 296 g/mol. The van der Waals surface area contributed by atoms with E-state index < -0.39 is 0 Å². The van der Waals surface area contributed by atoms with Gasteiger partial charge in [-0.25, -0.2) is 0 Å². The first-order valence-electron chi connectivity index (χ1n) is 7.84. The van der Waals surface area contributed by atoms with E-state index in [-0.39, 0.29) is 0 Å². The van der Waals surface area contributed by atoms with E-state index in [9.17, 15) is 4.91 Å². The van der Waals surface area contributed by atoms with Crippen LogP contribution in [0.4, 0.5) is 11.4 Å². The molecule has 0 unspecified atom stereocenters. The van der Waals surface area contributed by atoms with Gasteiger partial charge in [-0.1, -0.05) is 54.6 Å². The van der Waals surface area contributed by atoms with Crippen LogP contribution in [0.15, 0.2) is 71.9 Å². The maximum atomic E-state index is 11.4. The number of fused-ring (bicyclic) bond motifs is 2. The Labute approximate surface area is 139 Å². The van der Waals surface area contributed by atoms with E-state index in [1.165, 1.54) is 0 Å². The van der Waals surface area contributed by atoms with E-state index in [0.717, 1.165) is 38.2 Å². The highest BCUT2D eigenvalue weighted by Gasteiger charge is 2.16. The van der Waals surface area contributed by atoms with Crippen LogP contribution in [0, 0.1) is 11.8 Å². The van der Waals surface area contributed by atoms with E-state index in [2.05, 4.69) is 18.2 Å². The van der Waals surface area contributed by atoms with Crippen LogP contribution in [-0.4, -0.2) is 0 Å². The van der Waals surface area contributed by atoms with Gasteiger partial charge in [-0.2, -0.15) is 0 Å². The molecule has 0 aliphatic heterocycles.